The number of sulfonamides is 1. The minimum absolute atomic E-state index is 0.312. The highest BCUT2D eigenvalue weighted by molar-refractivity contribution is 7.92. The van der Waals surface area contributed by atoms with Crippen LogP contribution in [0, 0.1) is 10.1 Å². The highest BCUT2D eigenvalue weighted by Gasteiger charge is 2.22. The van der Waals surface area contributed by atoms with E-state index in [9.17, 15) is 28.7 Å². The van der Waals surface area contributed by atoms with Crippen LogP contribution in [-0.2, 0) is 10.0 Å². The number of hydrogen-bond donors (Lipinski definition) is 3. The Balaban J connectivity index is 2.43. The Morgan fingerprint density at radius 2 is 1.90 bits per heavy atom. The fourth-order valence-electron chi connectivity index (χ4n) is 1.48. The Labute approximate surface area is 118 Å². The largest absolute Gasteiger partial charge is 0.504 e. The molecule has 0 unspecified atom stereocenters. The molecule has 2 rings (SSSR count). The summed E-state index contributed by atoms with van der Waals surface area (Å²) in [6, 6.07) is 5.22. The second-order valence-corrected chi connectivity index (χ2v) is 5.57. The number of aromatic hydroxyl groups is 2. The van der Waals surface area contributed by atoms with E-state index in [1.165, 1.54) is 18.3 Å². The smallest absolute Gasteiger partial charge is 0.312 e. The Kier molecular flexibility index (Phi) is 3.63. The number of hydrogen-bond acceptors (Lipinski definition) is 7. The van der Waals surface area contributed by atoms with Crippen molar-refractivity contribution >= 4 is 21.5 Å². The van der Waals surface area contributed by atoms with Gasteiger partial charge in [0, 0.05) is 12.3 Å². The average Bonchev–Trinajstić information content (AvgIpc) is 2.41. The highest BCUT2D eigenvalue weighted by atomic mass is 32.2. The molecule has 1 heterocycles. The van der Waals surface area contributed by atoms with Crippen molar-refractivity contribution in [2.75, 3.05) is 4.72 Å². The quantitative estimate of drug-likeness (QED) is 0.568. The predicted octanol–water partition coefficient (Wildman–Crippen LogP) is 1.20. The van der Waals surface area contributed by atoms with Gasteiger partial charge in [-0.25, -0.2) is 13.4 Å². The second-order valence-electron chi connectivity index (χ2n) is 3.88. The minimum atomic E-state index is -4.20. The Morgan fingerprint density at radius 1 is 1.19 bits per heavy atom. The molecule has 0 saturated carbocycles. The first-order chi connectivity index (χ1) is 9.81. The zero-order valence-electron chi connectivity index (χ0n) is 10.3. The lowest BCUT2D eigenvalue weighted by molar-refractivity contribution is -0.386. The normalized spacial score (nSPS) is 11.0. The molecule has 0 radical (unpaired) electrons. The average molecular weight is 311 g/mol. The molecule has 0 spiro atoms. The van der Waals surface area contributed by atoms with E-state index in [0.717, 1.165) is 12.1 Å². The summed E-state index contributed by atoms with van der Waals surface area (Å²) >= 11 is 0. The molecule has 3 N–H and O–H groups in total. The molecule has 0 bridgehead atoms. The molecular weight excluding hydrogens is 302 g/mol. The van der Waals surface area contributed by atoms with E-state index in [1.807, 2.05) is 4.72 Å². The summed E-state index contributed by atoms with van der Waals surface area (Å²) < 4.78 is 26.1. The van der Waals surface area contributed by atoms with E-state index in [4.69, 9.17) is 0 Å². The van der Waals surface area contributed by atoms with Crippen LogP contribution in [0.5, 0.6) is 11.5 Å². The molecule has 0 aliphatic rings. The third-order valence-corrected chi connectivity index (χ3v) is 3.81. The summed E-state index contributed by atoms with van der Waals surface area (Å²) in [7, 11) is -4.20. The van der Waals surface area contributed by atoms with Crippen molar-refractivity contribution in [2.24, 2.45) is 0 Å². The molecule has 9 nitrogen and oxygen atoms in total. The van der Waals surface area contributed by atoms with E-state index in [2.05, 4.69) is 4.98 Å². The summed E-state index contributed by atoms with van der Waals surface area (Å²) in [6.07, 6.45) is 1.26. The van der Waals surface area contributed by atoms with E-state index >= 15 is 0 Å². The monoisotopic (exact) mass is 311 g/mol. The van der Waals surface area contributed by atoms with Crippen LogP contribution in [-0.4, -0.2) is 28.5 Å². The first kappa shape index (κ1) is 14.5. The number of rotatable bonds is 4. The lowest BCUT2D eigenvalue weighted by Crippen LogP contribution is -2.14. The molecule has 1 aromatic carbocycles. The highest BCUT2D eigenvalue weighted by Crippen LogP contribution is 2.29. The third kappa shape index (κ3) is 3.00. The minimum Gasteiger partial charge on any atom is -0.504 e. The molecule has 0 saturated heterocycles. The number of nitro groups is 1. The number of anilines is 1. The van der Waals surface area contributed by atoms with Crippen molar-refractivity contribution in [1.82, 2.24) is 4.98 Å². The number of nitro benzene ring substituents is 1. The van der Waals surface area contributed by atoms with Gasteiger partial charge in [-0.3, -0.25) is 14.8 Å². The second kappa shape index (κ2) is 5.25. The molecular formula is C11H9N3O6S. The Bertz CT molecular complexity index is 805. The number of phenolic OH excluding ortho intramolecular Hbond substituents is 1. The van der Waals surface area contributed by atoms with Gasteiger partial charge < -0.3 is 10.2 Å². The van der Waals surface area contributed by atoms with Crippen LogP contribution >= 0.6 is 0 Å². The fourth-order valence-corrected chi connectivity index (χ4v) is 2.52. The molecule has 2 aromatic rings. The first-order valence-electron chi connectivity index (χ1n) is 5.45. The van der Waals surface area contributed by atoms with Gasteiger partial charge in [0.15, 0.2) is 17.3 Å². The summed E-state index contributed by atoms with van der Waals surface area (Å²) in [5.41, 5.74) is -0.747. The Hall–Kier alpha value is -2.88. The fraction of sp³-hybridized carbons (Fsp3) is 0. The van der Waals surface area contributed by atoms with Crippen molar-refractivity contribution < 1.29 is 23.6 Å². The first-order valence-corrected chi connectivity index (χ1v) is 6.94. The van der Waals surface area contributed by atoms with Gasteiger partial charge in [-0.05, 0) is 24.3 Å². The summed E-state index contributed by atoms with van der Waals surface area (Å²) in [5, 5.41) is 29.5. The maximum absolute atomic E-state index is 12.1. The van der Waals surface area contributed by atoms with Crippen LogP contribution < -0.4 is 4.72 Å². The van der Waals surface area contributed by atoms with Crippen LogP contribution in [0.2, 0.25) is 0 Å². The number of nitrogens with zero attached hydrogens (tertiary/aromatic N) is 2. The number of aromatic nitrogens is 1. The third-order valence-electron chi connectivity index (χ3n) is 2.47. The van der Waals surface area contributed by atoms with Gasteiger partial charge in [-0.1, -0.05) is 0 Å². The van der Waals surface area contributed by atoms with Crippen LogP contribution in [0.15, 0.2) is 41.4 Å². The standard InChI is InChI=1S/C11H9N3O6S/c15-9-4-3-7(6-8(9)14(17)18)21(19,20)13-11-10(16)2-1-5-12-11/h1-6,15-16H,(H,12,13). The van der Waals surface area contributed by atoms with Crippen molar-refractivity contribution in [3.05, 3.63) is 46.6 Å². The van der Waals surface area contributed by atoms with Gasteiger partial charge in [0.1, 0.15) is 0 Å². The van der Waals surface area contributed by atoms with Gasteiger partial charge in [0.05, 0.1) is 9.82 Å². The van der Waals surface area contributed by atoms with Gasteiger partial charge in [-0.2, -0.15) is 0 Å². The topological polar surface area (TPSA) is 143 Å². The number of phenols is 1. The van der Waals surface area contributed by atoms with Crippen LogP contribution in [0.3, 0.4) is 0 Å². The maximum atomic E-state index is 12.1. The molecule has 0 fully saturated rings. The van der Waals surface area contributed by atoms with E-state index in [1.54, 1.807) is 0 Å². The zero-order valence-corrected chi connectivity index (χ0v) is 11.1. The molecule has 0 amide bonds. The molecule has 0 aliphatic carbocycles. The van der Waals surface area contributed by atoms with Crippen molar-refractivity contribution in [3.8, 4) is 11.5 Å². The van der Waals surface area contributed by atoms with Gasteiger partial charge in [0.2, 0.25) is 0 Å². The zero-order chi connectivity index (χ0) is 15.6. The lowest BCUT2D eigenvalue weighted by Gasteiger charge is -2.08. The van der Waals surface area contributed by atoms with E-state index in [-0.39, 0.29) is 5.82 Å². The van der Waals surface area contributed by atoms with Crippen molar-refractivity contribution in [3.63, 3.8) is 0 Å². The molecule has 1 aromatic heterocycles. The van der Waals surface area contributed by atoms with E-state index < -0.39 is 37.0 Å². The van der Waals surface area contributed by atoms with Gasteiger partial charge in [0.25, 0.3) is 10.0 Å². The van der Waals surface area contributed by atoms with Crippen LogP contribution in [0.1, 0.15) is 0 Å². The molecule has 0 aliphatic heterocycles. The van der Waals surface area contributed by atoms with Gasteiger partial charge >= 0.3 is 5.69 Å². The number of nitrogens with one attached hydrogen (secondary N) is 1. The number of benzene rings is 1. The van der Waals surface area contributed by atoms with Crippen molar-refractivity contribution in [1.29, 1.82) is 0 Å². The predicted molar refractivity (Wildman–Crippen MR) is 71.5 cm³/mol. The summed E-state index contributed by atoms with van der Waals surface area (Å²) in [6.45, 7) is 0. The number of pyridine rings is 1. The molecule has 10 heteroatoms. The molecule has 110 valence electrons. The summed E-state index contributed by atoms with van der Waals surface area (Å²) in [5.74, 6) is -1.36. The molecule has 0 atom stereocenters. The van der Waals surface area contributed by atoms with Gasteiger partial charge in [-0.15, -0.1) is 0 Å². The van der Waals surface area contributed by atoms with Crippen LogP contribution in [0.4, 0.5) is 11.5 Å². The summed E-state index contributed by atoms with van der Waals surface area (Å²) in [4.78, 5) is 13.0. The molecule has 21 heavy (non-hydrogen) atoms. The maximum Gasteiger partial charge on any atom is 0.312 e. The SMILES string of the molecule is O=[N+]([O-])c1cc(S(=O)(=O)Nc2ncccc2O)ccc1O. The van der Waals surface area contributed by atoms with E-state index in [0.29, 0.717) is 6.07 Å². The lowest BCUT2D eigenvalue weighted by atomic mass is 10.3. The van der Waals surface area contributed by atoms with Crippen LogP contribution in [0.25, 0.3) is 0 Å². The Morgan fingerprint density at radius 3 is 2.52 bits per heavy atom. The van der Waals surface area contributed by atoms with Crippen molar-refractivity contribution in [2.45, 2.75) is 4.90 Å².